The zero-order valence-electron chi connectivity index (χ0n) is 19.2. The van der Waals surface area contributed by atoms with Crippen molar-refractivity contribution in [2.24, 2.45) is 40.4 Å². The molecule has 11 atom stereocenters. The standard InChI is InChI=1S/C25H38O5/c1-13(28-14(2)26)19-8-9-20-18-7-6-16-10-17(29-15(3)27)11-22-25(16,5)23(18)21(30-22)12-24(19,20)4/h13,16-23H,6-12H2,1-5H3/t13-,16-,17+,18+,19-,20+,21-,22+,23-,24-,25-/m1/s1. The first-order chi connectivity index (χ1) is 14.1. The van der Waals surface area contributed by atoms with Crippen molar-refractivity contribution >= 4 is 11.9 Å². The highest BCUT2D eigenvalue weighted by Gasteiger charge is 2.70. The van der Waals surface area contributed by atoms with Gasteiger partial charge in [0.25, 0.3) is 0 Å². The molecule has 0 radical (unpaired) electrons. The lowest BCUT2D eigenvalue weighted by Gasteiger charge is -2.59. The number of carbonyl (C=O) groups is 2. The molecular formula is C25H38O5. The first-order valence-corrected chi connectivity index (χ1v) is 12.1. The molecule has 1 aliphatic heterocycles. The number of esters is 2. The molecule has 30 heavy (non-hydrogen) atoms. The number of fused-ring (bicyclic) bond motifs is 2. The van der Waals surface area contributed by atoms with E-state index in [2.05, 4.69) is 20.8 Å². The third kappa shape index (κ3) is 2.83. The summed E-state index contributed by atoms with van der Waals surface area (Å²) in [7, 11) is 0. The summed E-state index contributed by atoms with van der Waals surface area (Å²) in [4.78, 5) is 23.2. The van der Waals surface area contributed by atoms with Crippen LogP contribution in [0, 0.1) is 40.4 Å². The van der Waals surface area contributed by atoms with Gasteiger partial charge in [0.1, 0.15) is 12.2 Å². The van der Waals surface area contributed by atoms with Crippen LogP contribution in [0.1, 0.15) is 79.6 Å². The minimum atomic E-state index is -0.170. The molecule has 5 nitrogen and oxygen atoms in total. The van der Waals surface area contributed by atoms with Crippen LogP contribution in [0.25, 0.3) is 0 Å². The monoisotopic (exact) mass is 418 g/mol. The largest absolute Gasteiger partial charge is 0.463 e. The van der Waals surface area contributed by atoms with E-state index in [-0.39, 0.29) is 47.2 Å². The van der Waals surface area contributed by atoms with Gasteiger partial charge in [-0.15, -0.1) is 0 Å². The van der Waals surface area contributed by atoms with Crippen molar-refractivity contribution in [2.75, 3.05) is 0 Å². The molecule has 0 spiro atoms. The summed E-state index contributed by atoms with van der Waals surface area (Å²) in [6, 6.07) is 0. The normalized spacial score (nSPS) is 52.2. The van der Waals surface area contributed by atoms with Gasteiger partial charge in [-0.2, -0.15) is 0 Å². The number of carbonyl (C=O) groups excluding carboxylic acids is 2. The molecule has 5 rings (SSSR count). The summed E-state index contributed by atoms with van der Waals surface area (Å²) in [5.74, 6) is 2.70. The fourth-order valence-corrected chi connectivity index (χ4v) is 9.35. The van der Waals surface area contributed by atoms with E-state index in [0.29, 0.717) is 29.6 Å². The molecule has 168 valence electrons. The molecule has 0 N–H and O–H groups in total. The minimum Gasteiger partial charge on any atom is -0.463 e. The Morgan fingerprint density at radius 2 is 1.80 bits per heavy atom. The van der Waals surface area contributed by atoms with E-state index in [4.69, 9.17) is 14.2 Å². The van der Waals surface area contributed by atoms with Gasteiger partial charge in [0, 0.05) is 31.6 Å². The van der Waals surface area contributed by atoms with Crippen LogP contribution in [0.3, 0.4) is 0 Å². The Bertz CT molecular complexity index is 735. The van der Waals surface area contributed by atoms with Crippen molar-refractivity contribution in [3.63, 3.8) is 0 Å². The van der Waals surface area contributed by atoms with E-state index >= 15 is 0 Å². The van der Waals surface area contributed by atoms with Crippen LogP contribution in [-0.4, -0.2) is 36.4 Å². The zero-order valence-corrected chi connectivity index (χ0v) is 19.2. The van der Waals surface area contributed by atoms with Crippen LogP contribution in [-0.2, 0) is 23.8 Å². The summed E-state index contributed by atoms with van der Waals surface area (Å²) < 4.78 is 18.2. The highest BCUT2D eigenvalue weighted by atomic mass is 16.6. The van der Waals surface area contributed by atoms with E-state index < -0.39 is 0 Å². The molecule has 0 unspecified atom stereocenters. The Kier molecular flexibility index (Phi) is 4.81. The summed E-state index contributed by atoms with van der Waals surface area (Å²) in [5.41, 5.74) is 0.387. The molecule has 1 heterocycles. The van der Waals surface area contributed by atoms with E-state index in [1.165, 1.54) is 33.1 Å². The van der Waals surface area contributed by atoms with Crippen LogP contribution >= 0.6 is 0 Å². The maximum atomic E-state index is 11.6. The quantitative estimate of drug-likeness (QED) is 0.631. The number of rotatable bonds is 3. The van der Waals surface area contributed by atoms with E-state index in [0.717, 1.165) is 25.7 Å². The molecule has 0 aromatic rings. The average Bonchev–Trinajstić information content (AvgIpc) is 3.11. The molecule has 4 aliphatic carbocycles. The molecule has 5 heteroatoms. The minimum absolute atomic E-state index is 0.00843. The van der Waals surface area contributed by atoms with E-state index in [1.54, 1.807) is 0 Å². The molecule has 0 amide bonds. The van der Waals surface area contributed by atoms with E-state index in [1.807, 2.05) is 0 Å². The summed E-state index contributed by atoms with van der Waals surface area (Å²) in [5, 5.41) is 0. The molecule has 5 aliphatic rings. The molecule has 5 fully saturated rings. The van der Waals surface area contributed by atoms with Crippen LogP contribution < -0.4 is 0 Å². The van der Waals surface area contributed by atoms with Gasteiger partial charge in [-0.25, -0.2) is 0 Å². The second-order valence-electron chi connectivity index (χ2n) is 11.5. The second-order valence-corrected chi connectivity index (χ2v) is 11.5. The Morgan fingerprint density at radius 3 is 2.50 bits per heavy atom. The summed E-state index contributed by atoms with van der Waals surface area (Å²) in [6.45, 7) is 10.1. The van der Waals surface area contributed by atoms with Crippen molar-refractivity contribution in [3.05, 3.63) is 0 Å². The van der Waals surface area contributed by atoms with Crippen LogP contribution in [0.4, 0.5) is 0 Å². The fourth-order valence-electron chi connectivity index (χ4n) is 9.35. The molecule has 0 aromatic carbocycles. The average molecular weight is 419 g/mol. The van der Waals surface area contributed by atoms with Crippen molar-refractivity contribution in [1.29, 1.82) is 0 Å². The summed E-state index contributed by atoms with van der Waals surface area (Å²) >= 11 is 0. The molecule has 0 aromatic heterocycles. The smallest absolute Gasteiger partial charge is 0.302 e. The lowest BCUT2D eigenvalue weighted by atomic mass is 9.44. The van der Waals surface area contributed by atoms with Crippen LogP contribution in [0.5, 0.6) is 0 Å². The number of hydrogen-bond acceptors (Lipinski definition) is 5. The molecule has 1 saturated heterocycles. The maximum Gasteiger partial charge on any atom is 0.302 e. The fraction of sp³-hybridized carbons (Fsp3) is 0.920. The lowest BCUT2D eigenvalue weighted by Crippen LogP contribution is -2.58. The van der Waals surface area contributed by atoms with Crippen molar-refractivity contribution in [3.8, 4) is 0 Å². The second kappa shape index (κ2) is 6.95. The lowest BCUT2D eigenvalue weighted by molar-refractivity contribution is -0.160. The van der Waals surface area contributed by atoms with E-state index in [9.17, 15) is 9.59 Å². The van der Waals surface area contributed by atoms with Gasteiger partial charge < -0.3 is 14.2 Å². The van der Waals surface area contributed by atoms with Crippen LogP contribution in [0.2, 0.25) is 0 Å². The van der Waals surface area contributed by atoms with Gasteiger partial charge in [-0.3, -0.25) is 9.59 Å². The molecule has 4 saturated carbocycles. The van der Waals surface area contributed by atoms with Crippen molar-refractivity contribution in [1.82, 2.24) is 0 Å². The van der Waals surface area contributed by atoms with Gasteiger partial charge in [0.2, 0.25) is 0 Å². The first kappa shape index (κ1) is 20.8. The van der Waals surface area contributed by atoms with Crippen molar-refractivity contribution < 1.29 is 23.8 Å². The molecule has 0 bridgehead atoms. The van der Waals surface area contributed by atoms with Gasteiger partial charge in [0.15, 0.2) is 0 Å². The zero-order chi connectivity index (χ0) is 21.4. The third-order valence-electron chi connectivity index (χ3n) is 10.3. The Labute approximate surface area is 180 Å². The van der Waals surface area contributed by atoms with Crippen LogP contribution in [0.15, 0.2) is 0 Å². The Hall–Kier alpha value is -1.10. The molecular weight excluding hydrogens is 380 g/mol. The number of ether oxygens (including phenoxy) is 3. The Balaban J connectivity index is 1.43. The van der Waals surface area contributed by atoms with Gasteiger partial charge in [-0.05, 0) is 74.5 Å². The predicted molar refractivity (Wildman–Crippen MR) is 111 cm³/mol. The van der Waals surface area contributed by atoms with Crippen molar-refractivity contribution in [2.45, 2.75) is 104 Å². The Morgan fingerprint density at radius 1 is 1.03 bits per heavy atom. The SMILES string of the molecule is CC(=O)O[C@H]1C[C@H]2CC[C@@H]3[C@@H]4[C@@H](C[C@]5(C)[C@@H]([C@@H](C)OC(C)=O)CC[C@@H]35)O[C@@H](C1)[C@@]24C. The summed E-state index contributed by atoms with van der Waals surface area (Å²) in [6.07, 6.45) is 8.28. The van der Waals surface area contributed by atoms with Gasteiger partial charge >= 0.3 is 11.9 Å². The highest BCUT2D eigenvalue weighted by Crippen LogP contribution is 2.71. The third-order valence-corrected chi connectivity index (χ3v) is 10.3. The number of hydrogen-bond donors (Lipinski definition) is 0. The highest BCUT2D eigenvalue weighted by molar-refractivity contribution is 5.66. The van der Waals surface area contributed by atoms with Gasteiger partial charge in [0.05, 0.1) is 12.2 Å². The maximum absolute atomic E-state index is 11.6. The topological polar surface area (TPSA) is 61.8 Å². The van der Waals surface area contributed by atoms with Gasteiger partial charge in [-0.1, -0.05) is 13.8 Å². The predicted octanol–water partition coefficient (Wildman–Crippen LogP) is 4.52. The first-order valence-electron chi connectivity index (χ1n) is 12.1.